The average Bonchev–Trinajstić information content (AvgIpc) is 3.30. The second-order valence-electron chi connectivity index (χ2n) is 6.98. The molecule has 31 heavy (non-hydrogen) atoms. The van der Waals surface area contributed by atoms with Crippen LogP contribution in [0.25, 0.3) is 10.9 Å². The summed E-state index contributed by atoms with van der Waals surface area (Å²) in [5, 5.41) is 10.1. The monoisotopic (exact) mass is 416 g/mol. The Morgan fingerprint density at radius 1 is 1.03 bits per heavy atom. The van der Waals surface area contributed by atoms with E-state index in [-0.39, 0.29) is 23.9 Å². The first-order valence-corrected chi connectivity index (χ1v) is 9.65. The van der Waals surface area contributed by atoms with Gasteiger partial charge in [0.2, 0.25) is 11.8 Å². The van der Waals surface area contributed by atoms with Crippen LogP contribution in [0.4, 0.5) is 11.4 Å². The van der Waals surface area contributed by atoms with Crippen molar-refractivity contribution in [3.05, 3.63) is 83.7 Å². The fourth-order valence-electron chi connectivity index (χ4n) is 3.13. The normalized spacial score (nSPS) is 11.8. The van der Waals surface area contributed by atoms with Crippen LogP contribution in [0.1, 0.15) is 13.0 Å². The van der Waals surface area contributed by atoms with Gasteiger partial charge in [0.15, 0.2) is 0 Å². The summed E-state index contributed by atoms with van der Waals surface area (Å²) in [6, 6.07) is 15.0. The van der Waals surface area contributed by atoms with Crippen molar-refractivity contribution in [1.29, 1.82) is 0 Å². The first kappa shape index (κ1) is 20.0. The molecule has 0 fully saturated rings. The van der Waals surface area contributed by atoms with Gasteiger partial charge in [-0.1, -0.05) is 18.2 Å². The standard InChI is InChI=1S/C22H20N6O3/c1-15(28-11-5-10-24-28)21(30)26-17-7-4-6-16(12-17)25-20(29)13-27-14-23-19-9-3-2-8-18(19)22(27)31/h2-12,14-15H,13H2,1H3,(H,25,29)(H,26,30). The van der Waals surface area contributed by atoms with Crippen molar-refractivity contribution >= 4 is 34.1 Å². The Hall–Kier alpha value is -4.27. The zero-order chi connectivity index (χ0) is 21.8. The van der Waals surface area contributed by atoms with Crippen molar-refractivity contribution in [3.8, 4) is 0 Å². The zero-order valence-corrected chi connectivity index (χ0v) is 16.7. The van der Waals surface area contributed by atoms with Crippen LogP contribution < -0.4 is 16.2 Å². The Kier molecular flexibility index (Phi) is 5.57. The van der Waals surface area contributed by atoms with Gasteiger partial charge in [-0.15, -0.1) is 0 Å². The third kappa shape index (κ3) is 4.50. The zero-order valence-electron chi connectivity index (χ0n) is 16.7. The van der Waals surface area contributed by atoms with Gasteiger partial charge in [-0.25, -0.2) is 4.98 Å². The van der Waals surface area contributed by atoms with Gasteiger partial charge >= 0.3 is 0 Å². The lowest BCUT2D eigenvalue weighted by Crippen LogP contribution is -2.28. The highest BCUT2D eigenvalue weighted by molar-refractivity contribution is 5.95. The van der Waals surface area contributed by atoms with Crippen molar-refractivity contribution in [2.45, 2.75) is 19.5 Å². The fourth-order valence-corrected chi connectivity index (χ4v) is 3.13. The van der Waals surface area contributed by atoms with Gasteiger partial charge < -0.3 is 10.6 Å². The van der Waals surface area contributed by atoms with Gasteiger partial charge in [-0.3, -0.25) is 23.6 Å². The molecule has 0 radical (unpaired) electrons. The molecule has 0 saturated carbocycles. The Morgan fingerprint density at radius 2 is 1.81 bits per heavy atom. The molecule has 2 amide bonds. The van der Waals surface area contributed by atoms with Crippen molar-refractivity contribution in [1.82, 2.24) is 19.3 Å². The summed E-state index contributed by atoms with van der Waals surface area (Å²) in [5.74, 6) is -0.617. The Labute approximate surface area is 177 Å². The Morgan fingerprint density at radius 3 is 2.58 bits per heavy atom. The number of benzene rings is 2. The number of nitrogens with one attached hydrogen (secondary N) is 2. The molecule has 9 heteroatoms. The molecular weight excluding hydrogens is 396 g/mol. The van der Waals surface area contributed by atoms with Gasteiger partial charge in [0.1, 0.15) is 12.6 Å². The topological polar surface area (TPSA) is 111 Å². The number of rotatable bonds is 6. The number of fused-ring (bicyclic) bond motifs is 1. The van der Waals surface area contributed by atoms with Gasteiger partial charge in [0.05, 0.1) is 17.2 Å². The number of hydrogen-bond acceptors (Lipinski definition) is 5. The molecule has 0 aliphatic rings. The lowest BCUT2D eigenvalue weighted by molar-refractivity contribution is -0.119. The second-order valence-corrected chi connectivity index (χ2v) is 6.98. The van der Waals surface area contributed by atoms with Crippen LogP contribution in [-0.2, 0) is 16.1 Å². The third-order valence-electron chi connectivity index (χ3n) is 4.76. The molecule has 9 nitrogen and oxygen atoms in total. The highest BCUT2D eigenvalue weighted by Gasteiger charge is 2.15. The van der Waals surface area contributed by atoms with Crippen LogP contribution in [0.3, 0.4) is 0 Å². The van der Waals surface area contributed by atoms with E-state index in [2.05, 4.69) is 20.7 Å². The van der Waals surface area contributed by atoms with Crippen LogP contribution in [0, 0.1) is 0 Å². The van der Waals surface area contributed by atoms with Crippen LogP contribution in [-0.4, -0.2) is 31.1 Å². The molecule has 2 N–H and O–H groups in total. The van der Waals surface area contributed by atoms with E-state index in [0.717, 1.165) is 0 Å². The van der Waals surface area contributed by atoms with E-state index < -0.39 is 6.04 Å². The maximum Gasteiger partial charge on any atom is 0.261 e. The summed E-state index contributed by atoms with van der Waals surface area (Å²) in [6.07, 6.45) is 4.68. The number of hydrogen-bond donors (Lipinski definition) is 2. The third-order valence-corrected chi connectivity index (χ3v) is 4.76. The number of nitrogens with zero attached hydrogens (tertiary/aromatic N) is 4. The van der Waals surface area contributed by atoms with Crippen molar-refractivity contribution in [3.63, 3.8) is 0 Å². The maximum atomic E-state index is 12.5. The molecule has 4 rings (SSSR count). The summed E-state index contributed by atoms with van der Waals surface area (Å²) in [7, 11) is 0. The smallest absolute Gasteiger partial charge is 0.261 e. The van der Waals surface area contributed by atoms with E-state index in [1.165, 1.54) is 10.9 Å². The highest BCUT2D eigenvalue weighted by atomic mass is 16.2. The molecule has 4 aromatic rings. The molecular formula is C22H20N6O3. The van der Waals surface area contributed by atoms with Crippen LogP contribution >= 0.6 is 0 Å². The predicted molar refractivity (Wildman–Crippen MR) is 117 cm³/mol. The maximum absolute atomic E-state index is 12.5. The predicted octanol–water partition coefficient (Wildman–Crippen LogP) is 2.43. The number of aromatic nitrogens is 4. The molecule has 0 bridgehead atoms. The number of carbonyl (C=O) groups excluding carboxylic acids is 2. The van der Waals surface area contributed by atoms with Crippen molar-refractivity contribution < 1.29 is 9.59 Å². The minimum absolute atomic E-state index is 0.177. The van der Waals surface area contributed by atoms with Crippen molar-refractivity contribution in [2.75, 3.05) is 10.6 Å². The van der Waals surface area contributed by atoms with E-state index in [1.54, 1.807) is 78.6 Å². The summed E-state index contributed by atoms with van der Waals surface area (Å²) in [6.45, 7) is 1.56. The molecule has 1 atom stereocenters. The van der Waals surface area contributed by atoms with Gasteiger partial charge in [0.25, 0.3) is 5.56 Å². The van der Waals surface area contributed by atoms with Crippen LogP contribution in [0.15, 0.2) is 78.1 Å². The molecule has 2 heterocycles. The van der Waals surface area contributed by atoms with Gasteiger partial charge in [-0.05, 0) is 43.3 Å². The number of para-hydroxylation sites is 1. The highest BCUT2D eigenvalue weighted by Crippen LogP contribution is 2.17. The van der Waals surface area contributed by atoms with E-state index >= 15 is 0 Å². The second kappa shape index (κ2) is 8.62. The summed E-state index contributed by atoms with van der Waals surface area (Å²) in [5.41, 5.74) is 1.33. The first-order chi connectivity index (χ1) is 15.0. The summed E-state index contributed by atoms with van der Waals surface area (Å²) < 4.78 is 2.81. The molecule has 0 saturated heterocycles. The van der Waals surface area contributed by atoms with Crippen LogP contribution in [0.2, 0.25) is 0 Å². The lowest BCUT2D eigenvalue weighted by atomic mass is 10.2. The van der Waals surface area contributed by atoms with E-state index in [9.17, 15) is 14.4 Å². The minimum Gasteiger partial charge on any atom is -0.324 e. The SMILES string of the molecule is CC(C(=O)Nc1cccc(NC(=O)Cn2cnc3ccccc3c2=O)c1)n1cccn1. The fraction of sp³-hybridized carbons (Fsp3) is 0.136. The van der Waals surface area contributed by atoms with Gasteiger partial charge in [0, 0.05) is 23.8 Å². The Balaban J connectivity index is 1.43. The lowest BCUT2D eigenvalue weighted by Gasteiger charge is -2.14. The summed E-state index contributed by atoms with van der Waals surface area (Å²) in [4.78, 5) is 41.7. The van der Waals surface area contributed by atoms with Crippen molar-refractivity contribution in [2.24, 2.45) is 0 Å². The number of amides is 2. The van der Waals surface area contributed by atoms with E-state index in [1.807, 2.05) is 0 Å². The molecule has 156 valence electrons. The molecule has 2 aromatic heterocycles. The van der Waals surface area contributed by atoms with Crippen LogP contribution in [0.5, 0.6) is 0 Å². The van der Waals surface area contributed by atoms with E-state index in [4.69, 9.17) is 0 Å². The largest absolute Gasteiger partial charge is 0.324 e. The number of carbonyl (C=O) groups is 2. The molecule has 2 aromatic carbocycles. The molecule has 1 unspecified atom stereocenters. The van der Waals surface area contributed by atoms with E-state index in [0.29, 0.717) is 22.3 Å². The average molecular weight is 416 g/mol. The molecule has 0 aliphatic carbocycles. The first-order valence-electron chi connectivity index (χ1n) is 9.65. The summed E-state index contributed by atoms with van der Waals surface area (Å²) >= 11 is 0. The quantitative estimate of drug-likeness (QED) is 0.502. The molecule has 0 spiro atoms. The number of anilines is 2. The minimum atomic E-state index is -0.486. The Bertz CT molecular complexity index is 1300. The molecule has 0 aliphatic heterocycles. The van der Waals surface area contributed by atoms with Gasteiger partial charge in [-0.2, -0.15) is 5.10 Å².